The van der Waals surface area contributed by atoms with Gasteiger partial charge in [-0.1, -0.05) is 6.07 Å². The van der Waals surface area contributed by atoms with Crippen molar-refractivity contribution in [2.45, 2.75) is 12.3 Å². The number of carbonyl (C=O) groups excluding carboxylic acids is 1. The van der Waals surface area contributed by atoms with Gasteiger partial charge in [0.05, 0.1) is 5.57 Å². The highest BCUT2D eigenvalue weighted by Gasteiger charge is 2.39. The van der Waals surface area contributed by atoms with Crippen molar-refractivity contribution < 1.29 is 28.5 Å². The normalized spacial score (nSPS) is 21.5. The van der Waals surface area contributed by atoms with Crippen molar-refractivity contribution in [2.24, 2.45) is 0 Å². The van der Waals surface area contributed by atoms with Crippen LogP contribution in [0.2, 0.25) is 0 Å². The summed E-state index contributed by atoms with van der Waals surface area (Å²) in [5, 5.41) is 0. The van der Waals surface area contributed by atoms with E-state index in [4.69, 9.17) is 23.7 Å². The van der Waals surface area contributed by atoms with Gasteiger partial charge >= 0.3 is 5.97 Å². The predicted molar refractivity (Wildman–Crippen MR) is 88.7 cm³/mol. The molecule has 0 amide bonds. The molecule has 0 spiro atoms. The van der Waals surface area contributed by atoms with Gasteiger partial charge in [-0.3, -0.25) is 0 Å². The maximum absolute atomic E-state index is 12.5. The summed E-state index contributed by atoms with van der Waals surface area (Å²) in [6, 6.07) is 9.82. The molecule has 0 fully saturated rings. The van der Waals surface area contributed by atoms with E-state index in [1.807, 2.05) is 30.3 Å². The van der Waals surface area contributed by atoms with Crippen LogP contribution in [0, 0.1) is 0 Å². The van der Waals surface area contributed by atoms with Crippen LogP contribution in [0.4, 0.5) is 0 Å². The first-order valence-electron chi connectivity index (χ1n) is 8.49. The maximum Gasteiger partial charge on any atom is 0.335 e. The van der Waals surface area contributed by atoms with Gasteiger partial charge in [0.25, 0.3) is 0 Å². The monoisotopic (exact) mass is 350 g/mol. The lowest BCUT2D eigenvalue weighted by atomic mass is 9.75. The zero-order valence-electron chi connectivity index (χ0n) is 13.7. The van der Waals surface area contributed by atoms with E-state index < -0.39 is 0 Å². The van der Waals surface area contributed by atoms with Crippen molar-refractivity contribution in [3.63, 3.8) is 0 Å². The Balaban J connectivity index is 1.57. The number of rotatable bonds is 1. The van der Waals surface area contributed by atoms with E-state index in [1.165, 1.54) is 0 Å². The highest BCUT2D eigenvalue weighted by Crippen LogP contribution is 2.49. The Labute approximate surface area is 148 Å². The van der Waals surface area contributed by atoms with Crippen LogP contribution in [0.1, 0.15) is 22.6 Å². The van der Waals surface area contributed by atoms with Crippen LogP contribution in [-0.4, -0.2) is 26.2 Å². The number of esters is 1. The molecule has 3 aliphatic heterocycles. The largest absolute Gasteiger partial charge is 0.458 e. The molecule has 6 heteroatoms. The summed E-state index contributed by atoms with van der Waals surface area (Å²) in [5.41, 5.74) is 4.92. The smallest absolute Gasteiger partial charge is 0.335 e. The van der Waals surface area contributed by atoms with Gasteiger partial charge in [-0.2, -0.15) is 0 Å². The third-order valence-electron chi connectivity index (χ3n) is 5.35. The summed E-state index contributed by atoms with van der Waals surface area (Å²) < 4.78 is 27.4. The van der Waals surface area contributed by atoms with Gasteiger partial charge in [0, 0.05) is 5.92 Å². The molecule has 3 heterocycles. The maximum atomic E-state index is 12.5. The van der Waals surface area contributed by atoms with Crippen molar-refractivity contribution in [3.8, 4) is 23.0 Å². The fourth-order valence-corrected chi connectivity index (χ4v) is 4.17. The Kier molecular flexibility index (Phi) is 2.67. The third kappa shape index (κ3) is 1.84. The number of hydrogen-bond donors (Lipinski definition) is 0. The molecule has 0 saturated heterocycles. The molecule has 6 rings (SSSR count). The Hall–Kier alpha value is -3.15. The zero-order chi connectivity index (χ0) is 17.3. The number of fused-ring (bicyclic) bond motifs is 3. The average molecular weight is 350 g/mol. The number of hydrogen-bond acceptors (Lipinski definition) is 6. The summed E-state index contributed by atoms with van der Waals surface area (Å²) in [5.74, 6) is 2.42. The number of ether oxygens (including phenoxy) is 5. The molecule has 1 unspecified atom stereocenters. The molecule has 1 atom stereocenters. The molecular formula is C20H14O6. The minimum atomic E-state index is -0.244. The Morgan fingerprint density at radius 1 is 0.808 bits per heavy atom. The van der Waals surface area contributed by atoms with Gasteiger partial charge in [0.2, 0.25) is 13.6 Å². The number of carbonyl (C=O) groups is 1. The third-order valence-corrected chi connectivity index (χ3v) is 5.35. The van der Waals surface area contributed by atoms with E-state index in [2.05, 4.69) is 0 Å². The first-order valence-corrected chi connectivity index (χ1v) is 8.49. The minimum absolute atomic E-state index is 0.215. The molecule has 0 bridgehead atoms. The molecule has 0 aromatic heterocycles. The van der Waals surface area contributed by atoms with Gasteiger partial charge in [0.1, 0.15) is 6.61 Å². The van der Waals surface area contributed by atoms with Crippen LogP contribution in [0.15, 0.2) is 41.5 Å². The zero-order valence-corrected chi connectivity index (χ0v) is 13.7. The van der Waals surface area contributed by atoms with Crippen molar-refractivity contribution in [1.29, 1.82) is 0 Å². The molecule has 0 radical (unpaired) electrons. The van der Waals surface area contributed by atoms with E-state index >= 15 is 0 Å². The molecular weight excluding hydrogens is 336 g/mol. The predicted octanol–water partition coefficient (Wildman–Crippen LogP) is 2.69. The number of benzene rings is 2. The molecule has 26 heavy (non-hydrogen) atoms. The van der Waals surface area contributed by atoms with Crippen molar-refractivity contribution in [3.05, 3.63) is 58.2 Å². The second-order valence-electron chi connectivity index (χ2n) is 6.72. The van der Waals surface area contributed by atoms with Crippen LogP contribution in [-0.2, 0) is 16.0 Å². The first-order chi connectivity index (χ1) is 12.8. The standard InChI is InChI=1S/C20H14O6/c21-20-19-12(7-22-20)3-11-5-16-17(26-9-25-16)6-13(11)18(19)10-1-2-14-15(4-10)24-8-23-14/h1-2,4-6,18H,3,7-9H2. The summed E-state index contributed by atoms with van der Waals surface area (Å²) in [7, 11) is 0. The lowest BCUT2D eigenvalue weighted by Crippen LogP contribution is -2.18. The number of cyclic esters (lactones) is 1. The van der Waals surface area contributed by atoms with E-state index in [9.17, 15) is 4.79 Å². The molecule has 130 valence electrons. The fraction of sp³-hybridized carbons (Fsp3) is 0.250. The van der Waals surface area contributed by atoms with Gasteiger partial charge in [0.15, 0.2) is 23.0 Å². The fourth-order valence-electron chi connectivity index (χ4n) is 4.17. The Morgan fingerprint density at radius 3 is 2.38 bits per heavy atom. The van der Waals surface area contributed by atoms with Gasteiger partial charge in [-0.25, -0.2) is 4.79 Å². The van der Waals surface area contributed by atoms with Crippen molar-refractivity contribution in [2.75, 3.05) is 20.2 Å². The summed E-state index contributed by atoms with van der Waals surface area (Å²) >= 11 is 0. The van der Waals surface area contributed by atoms with Crippen LogP contribution in [0.5, 0.6) is 23.0 Å². The lowest BCUT2D eigenvalue weighted by molar-refractivity contribution is -0.136. The van der Waals surface area contributed by atoms with Crippen LogP contribution in [0.25, 0.3) is 0 Å². The minimum Gasteiger partial charge on any atom is -0.458 e. The summed E-state index contributed by atoms with van der Waals surface area (Å²) in [6.45, 7) is 0.792. The summed E-state index contributed by atoms with van der Waals surface area (Å²) in [4.78, 5) is 12.5. The van der Waals surface area contributed by atoms with Crippen molar-refractivity contribution in [1.82, 2.24) is 0 Å². The van der Waals surface area contributed by atoms with Gasteiger partial charge < -0.3 is 23.7 Å². The quantitative estimate of drug-likeness (QED) is 0.737. The highest BCUT2D eigenvalue weighted by molar-refractivity contribution is 5.95. The molecule has 2 aromatic rings. The Bertz CT molecular complexity index is 1010. The van der Waals surface area contributed by atoms with Crippen LogP contribution < -0.4 is 18.9 Å². The second-order valence-corrected chi connectivity index (χ2v) is 6.72. The Morgan fingerprint density at radius 2 is 1.54 bits per heavy atom. The van der Waals surface area contributed by atoms with Gasteiger partial charge in [-0.05, 0) is 52.9 Å². The molecule has 1 aliphatic carbocycles. The van der Waals surface area contributed by atoms with Gasteiger partial charge in [-0.15, -0.1) is 0 Å². The van der Waals surface area contributed by atoms with E-state index in [-0.39, 0.29) is 25.5 Å². The summed E-state index contributed by atoms with van der Waals surface area (Å²) in [6.07, 6.45) is 0.689. The second kappa shape index (κ2) is 4.94. The molecule has 0 saturated carbocycles. The van der Waals surface area contributed by atoms with E-state index in [0.717, 1.165) is 39.3 Å². The van der Waals surface area contributed by atoms with E-state index in [1.54, 1.807) is 0 Å². The molecule has 6 nitrogen and oxygen atoms in total. The van der Waals surface area contributed by atoms with E-state index in [0.29, 0.717) is 24.5 Å². The molecule has 4 aliphatic rings. The molecule has 0 N–H and O–H groups in total. The molecule has 2 aromatic carbocycles. The van der Waals surface area contributed by atoms with Crippen LogP contribution >= 0.6 is 0 Å². The first kappa shape index (κ1) is 14.1. The average Bonchev–Trinajstić information content (AvgIpc) is 3.37. The van der Waals surface area contributed by atoms with Crippen molar-refractivity contribution >= 4 is 5.97 Å². The lowest BCUT2D eigenvalue weighted by Gasteiger charge is -2.26. The SMILES string of the molecule is O=C1OCC2=C1C(c1ccc3c(c1)OCO3)c1cc3c(cc1C2)OCO3. The van der Waals surface area contributed by atoms with Crippen LogP contribution in [0.3, 0.4) is 0 Å². The highest BCUT2D eigenvalue weighted by atomic mass is 16.7. The topological polar surface area (TPSA) is 63.2 Å².